The summed E-state index contributed by atoms with van der Waals surface area (Å²) in [6.07, 6.45) is 11.8. The molecule has 1 N–H and O–H groups in total. The lowest BCUT2D eigenvalue weighted by molar-refractivity contribution is -0.270. The van der Waals surface area contributed by atoms with Gasteiger partial charge in [0.2, 0.25) is 0 Å². The van der Waals surface area contributed by atoms with Crippen LogP contribution in [0.3, 0.4) is 0 Å². The summed E-state index contributed by atoms with van der Waals surface area (Å²) in [5.74, 6) is 0.122. The molecule has 1 unspecified atom stereocenters. The van der Waals surface area contributed by atoms with Gasteiger partial charge in [-0.2, -0.15) is 0 Å². The van der Waals surface area contributed by atoms with Gasteiger partial charge in [0.1, 0.15) is 6.10 Å². The summed E-state index contributed by atoms with van der Waals surface area (Å²) in [5.41, 5.74) is 0. The molecule has 2 aliphatic carbocycles. The average Bonchev–Trinajstić information content (AvgIpc) is 2.99. The monoisotopic (exact) mass is 268 g/mol. The van der Waals surface area contributed by atoms with Gasteiger partial charge in [0.15, 0.2) is 5.79 Å². The number of ether oxygens (including phenoxy) is 2. The van der Waals surface area contributed by atoms with E-state index in [1.54, 1.807) is 0 Å². The van der Waals surface area contributed by atoms with E-state index in [2.05, 4.69) is 0 Å². The van der Waals surface area contributed by atoms with Crippen molar-refractivity contribution in [1.29, 1.82) is 0 Å². The van der Waals surface area contributed by atoms with Gasteiger partial charge in [-0.1, -0.05) is 38.5 Å². The zero-order valence-corrected chi connectivity index (χ0v) is 12.0. The SMILES string of the molecule is OC(C1CCCCC1)C1(C2CCCCC2)OCCO1. The maximum absolute atomic E-state index is 10.9. The molecular formula is C16H28O3. The minimum absolute atomic E-state index is 0.383. The summed E-state index contributed by atoms with van der Waals surface area (Å²) in [6.45, 7) is 1.31. The van der Waals surface area contributed by atoms with Crippen molar-refractivity contribution in [2.75, 3.05) is 13.2 Å². The van der Waals surface area contributed by atoms with Gasteiger partial charge in [-0.25, -0.2) is 0 Å². The molecule has 3 aliphatic rings. The minimum atomic E-state index is -0.664. The first-order valence-corrected chi connectivity index (χ1v) is 8.29. The highest BCUT2D eigenvalue weighted by atomic mass is 16.7. The van der Waals surface area contributed by atoms with Gasteiger partial charge in [0.05, 0.1) is 13.2 Å². The fourth-order valence-electron chi connectivity index (χ4n) is 4.38. The summed E-state index contributed by atoms with van der Waals surface area (Å²) in [6, 6.07) is 0. The average molecular weight is 268 g/mol. The van der Waals surface area contributed by atoms with Crippen LogP contribution in [-0.4, -0.2) is 30.2 Å². The number of hydrogen-bond acceptors (Lipinski definition) is 3. The van der Waals surface area contributed by atoms with Crippen molar-refractivity contribution in [1.82, 2.24) is 0 Å². The van der Waals surface area contributed by atoms with Crippen LogP contribution in [0.5, 0.6) is 0 Å². The minimum Gasteiger partial charge on any atom is -0.387 e. The third-order valence-corrected chi connectivity index (χ3v) is 5.42. The maximum atomic E-state index is 10.9. The molecule has 1 saturated heterocycles. The van der Waals surface area contributed by atoms with E-state index in [0.717, 1.165) is 25.7 Å². The molecule has 3 fully saturated rings. The van der Waals surface area contributed by atoms with Crippen LogP contribution in [0.1, 0.15) is 64.2 Å². The van der Waals surface area contributed by atoms with Crippen molar-refractivity contribution in [3.8, 4) is 0 Å². The van der Waals surface area contributed by atoms with Gasteiger partial charge in [0, 0.05) is 5.92 Å². The predicted octanol–water partition coefficient (Wildman–Crippen LogP) is 3.25. The number of rotatable bonds is 3. The lowest BCUT2D eigenvalue weighted by Gasteiger charge is -2.44. The highest BCUT2D eigenvalue weighted by Gasteiger charge is 2.52. The van der Waals surface area contributed by atoms with E-state index in [0.29, 0.717) is 25.0 Å². The van der Waals surface area contributed by atoms with Gasteiger partial charge in [-0.3, -0.25) is 0 Å². The smallest absolute Gasteiger partial charge is 0.197 e. The summed E-state index contributed by atoms with van der Waals surface area (Å²) >= 11 is 0. The molecule has 0 aromatic heterocycles. The van der Waals surface area contributed by atoms with Gasteiger partial charge >= 0.3 is 0 Å². The lowest BCUT2D eigenvalue weighted by atomic mass is 9.74. The second kappa shape index (κ2) is 6.11. The van der Waals surface area contributed by atoms with Crippen LogP contribution in [0.2, 0.25) is 0 Å². The van der Waals surface area contributed by atoms with Gasteiger partial charge in [-0.05, 0) is 31.6 Å². The molecule has 1 atom stereocenters. The molecule has 0 aromatic rings. The number of hydrogen-bond donors (Lipinski definition) is 1. The molecule has 1 aliphatic heterocycles. The molecule has 19 heavy (non-hydrogen) atoms. The van der Waals surface area contributed by atoms with Crippen molar-refractivity contribution in [3.63, 3.8) is 0 Å². The Hall–Kier alpha value is -0.120. The Morgan fingerprint density at radius 1 is 0.789 bits per heavy atom. The van der Waals surface area contributed by atoms with Crippen LogP contribution >= 0.6 is 0 Å². The van der Waals surface area contributed by atoms with E-state index in [1.807, 2.05) is 0 Å². The highest BCUT2D eigenvalue weighted by Crippen LogP contribution is 2.44. The van der Waals surface area contributed by atoms with Crippen LogP contribution in [0.15, 0.2) is 0 Å². The molecule has 3 nitrogen and oxygen atoms in total. The Morgan fingerprint density at radius 2 is 1.32 bits per heavy atom. The molecular weight excluding hydrogens is 240 g/mol. The zero-order valence-electron chi connectivity index (χ0n) is 12.0. The Morgan fingerprint density at radius 3 is 1.89 bits per heavy atom. The van der Waals surface area contributed by atoms with Crippen LogP contribution in [-0.2, 0) is 9.47 Å². The van der Waals surface area contributed by atoms with E-state index in [1.165, 1.54) is 38.5 Å². The van der Waals surface area contributed by atoms with Crippen LogP contribution in [0, 0.1) is 11.8 Å². The maximum Gasteiger partial charge on any atom is 0.197 e. The molecule has 3 heteroatoms. The van der Waals surface area contributed by atoms with Gasteiger partial charge in [0.25, 0.3) is 0 Å². The molecule has 3 rings (SSSR count). The second-order valence-corrected chi connectivity index (χ2v) is 6.60. The van der Waals surface area contributed by atoms with E-state index in [4.69, 9.17) is 9.47 Å². The number of aliphatic hydroxyl groups is 1. The van der Waals surface area contributed by atoms with Crippen molar-refractivity contribution in [3.05, 3.63) is 0 Å². The molecule has 0 aromatic carbocycles. The summed E-state index contributed by atoms with van der Waals surface area (Å²) in [4.78, 5) is 0. The van der Waals surface area contributed by atoms with Crippen molar-refractivity contribution < 1.29 is 14.6 Å². The van der Waals surface area contributed by atoms with Crippen molar-refractivity contribution >= 4 is 0 Å². The molecule has 0 bridgehead atoms. The Balaban J connectivity index is 1.74. The fourth-order valence-corrected chi connectivity index (χ4v) is 4.38. The Bertz CT molecular complexity index is 274. The van der Waals surface area contributed by atoms with E-state index < -0.39 is 11.9 Å². The third kappa shape index (κ3) is 2.70. The number of aliphatic hydroxyl groups excluding tert-OH is 1. The first-order valence-electron chi connectivity index (χ1n) is 8.29. The topological polar surface area (TPSA) is 38.7 Å². The van der Waals surface area contributed by atoms with E-state index >= 15 is 0 Å². The third-order valence-electron chi connectivity index (χ3n) is 5.42. The largest absolute Gasteiger partial charge is 0.387 e. The first kappa shape index (κ1) is 13.8. The van der Waals surface area contributed by atoms with Crippen LogP contribution in [0.4, 0.5) is 0 Å². The fraction of sp³-hybridized carbons (Fsp3) is 1.00. The second-order valence-electron chi connectivity index (χ2n) is 6.60. The summed E-state index contributed by atoms with van der Waals surface area (Å²) in [5, 5.41) is 10.9. The molecule has 2 saturated carbocycles. The molecule has 0 spiro atoms. The first-order chi connectivity index (χ1) is 9.33. The van der Waals surface area contributed by atoms with Crippen LogP contribution < -0.4 is 0 Å². The predicted molar refractivity (Wildman–Crippen MR) is 73.8 cm³/mol. The van der Waals surface area contributed by atoms with Gasteiger partial charge in [-0.15, -0.1) is 0 Å². The molecule has 0 radical (unpaired) electrons. The molecule has 0 amide bonds. The lowest BCUT2D eigenvalue weighted by Crippen LogP contribution is -2.54. The van der Waals surface area contributed by atoms with Gasteiger partial charge < -0.3 is 14.6 Å². The van der Waals surface area contributed by atoms with Crippen LogP contribution in [0.25, 0.3) is 0 Å². The molecule has 110 valence electrons. The van der Waals surface area contributed by atoms with E-state index in [9.17, 15) is 5.11 Å². The quantitative estimate of drug-likeness (QED) is 0.854. The summed E-state index contributed by atoms with van der Waals surface area (Å²) < 4.78 is 12.0. The highest BCUT2D eigenvalue weighted by molar-refractivity contribution is 4.94. The normalized spacial score (nSPS) is 31.4. The Labute approximate surface area is 116 Å². The van der Waals surface area contributed by atoms with E-state index in [-0.39, 0.29) is 0 Å². The Kier molecular flexibility index (Phi) is 4.45. The summed E-state index contributed by atoms with van der Waals surface area (Å²) in [7, 11) is 0. The van der Waals surface area contributed by atoms with Crippen molar-refractivity contribution in [2.24, 2.45) is 11.8 Å². The standard InChI is InChI=1S/C16H28O3/c17-15(13-7-3-1-4-8-13)16(18-11-12-19-16)14-9-5-2-6-10-14/h13-15,17H,1-12H2. The zero-order chi connectivity index (χ0) is 13.1. The van der Waals surface area contributed by atoms with Crippen molar-refractivity contribution in [2.45, 2.75) is 76.1 Å². The molecule has 1 heterocycles.